The highest BCUT2D eigenvalue weighted by molar-refractivity contribution is 6.62. The van der Waals surface area contributed by atoms with Crippen molar-refractivity contribution in [3.05, 3.63) is 28.3 Å². The van der Waals surface area contributed by atoms with Crippen LogP contribution in [0.2, 0.25) is 0 Å². The van der Waals surface area contributed by atoms with Gasteiger partial charge in [0.1, 0.15) is 0 Å². The molecule has 120 valence electrons. The van der Waals surface area contributed by atoms with E-state index in [-0.39, 0.29) is 18.2 Å². The largest absolute Gasteiger partial charge is 0.494 e. The Morgan fingerprint density at radius 3 is 2.32 bits per heavy atom. The highest BCUT2D eigenvalue weighted by Gasteiger charge is 2.51. The fourth-order valence-electron chi connectivity index (χ4n) is 2.05. The minimum Gasteiger partial charge on any atom is -0.460 e. The normalized spacial score (nSPS) is 19.2. The Morgan fingerprint density at radius 2 is 1.82 bits per heavy atom. The average molecular weight is 309 g/mol. The number of hydrogen-bond donors (Lipinski definition) is 0. The zero-order valence-electron chi connectivity index (χ0n) is 13.4. The van der Waals surface area contributed by atoms with Crippen LogP contribution in [0.1, 0.15) is 27.7 Å². The molecule has 1 aliphatic rings. The summed E-state index contributed by atoms with van der Waals surface area (Å²) >= 11 is 0. The summed E-state index contributed by atoms with van der Waals surface area (Å²) in [6, 6.07) is 4.55. The van der Waals surface area contributed by atoms with Crippen molar-refractivity contribution in [2.75, 3.05) is 13.9 Å². The molecule has 22 heavy (non-hydrogen) atoms. The molecular weight excluding hydrogens is 289 g/mol. The monoisotopic (exact) mass is 309 g/mol. The van der Waals surface area contributed by atoms with Crippen molar-refractivity contribution in [3.8, 4) is 5.75 Å². The second kappa shape index (κ2) is 5.87. The highest BCUT2D eigenvalue weighted by atomic mass is 16.7. The fourth-order valence-corrected chi connectivity index (χ4v) is 2.05. The van der Waals surface area contributed by atoms with Crippen LogP contribution in [-0.2, 0) is 14.0 Å². The fraction of sp³-hybridized carbons (Fsp3) is 0.571. The summed E-state index contributed by atoms with van der Waals surface area (Å²) in [4.78, 5) is 10.5. The first kappa shape index (κ1) is 16.7. The zero-order valence-corrected chi connectivity index (χ0v) is 13.4. The molecule has 0 aromatic heterocycles. The molecule has 0 N–H and O–H groups in total. The lowest BCUT2D eigenvalue weighted by molar-refractivity contribution is -0.386. The quantitative estimate of drug-likeness (QED) is 0.357. The van der Waals surface area contributed by atoms with E-state index in [0.29, 0.717) is 5.46 Å². The molecule has 1 fully saturated rings. The number of rotatable bonds is 5. The summed E-state index contributed by atoms with van der Waals surface area (Å²) in [5.41, 5.74) is -0.423. The lowest BCUT2D eigenvalue weighted by Gasteiger charge is -2.32. The van der Waals surface area contributed by atoms with E-state index < -0.39 is 23.2 Å². The standard InChI is InChI=1S/C14H20BNO6/c1-13(2)14(3,4)22-15(21-13)10-6-7-11(16(17)18)12(8-10)20-9-19-5/h6-8H,9H2,1-5H3. The Kier molecular flexibility index (Phi) is 4.46. The van der Waals surface area contributed by atoms with E-state index in [4.69, 9.17) is 18.8 Å². The van der Waals surface area contributed by atoms with Crippen molar-refractivity contribution >= 4 is 18.3 Å². The van der Waals surface area contributed by atoms with Crippen molar-refractivity contribution in [2.45, 2.75) is 38.9 Å². The predicted octanol–water partition coefficient (Wildman–Crippen LogP) is 1.88. The second-order valence-electron chi connectivity index (χ2n) is 6.12. The Balaban J connectivity index is 2.31. The van der Waals surface area contributed by atoms with Crippen molar-refractivity contribution in [3.63, 3.8) is 0 Å². The van der Waals surface area contributed by atoms with Crippen molar-refractivity contribution in [1.82, 2.24) is 0 Å². The highest BCUT2D eigenvalue weighted by Crippen LogP contribution is 2.37. The molecule has 0 bridgehead atoms. The molecule has 0 atom stereocenters. The van der Waals surface area contributed by atoms with Crippen molar-refractivity contribution in [1.29, 1.82) is 0 Å². The maximum atomic E-state index is 11.0. The molecular formula is C14H20BNO6. The second-order valence-corrected chi connectivity index (χ2v) is 6.12. The van der Waals surface area contributed by atoms with E-state index in [2.05, 4.69) is 0 Å². The molecule has 0 radical (unpaired) electrons. The van der Waals surface area contributed by atoms with Crippen LogP contribution in [-0.4, -0.2) is 37.1 Å². The summed E-state index contributed by atoms with van der Waals surface area (Å²) in [5.74, 6) is 0.124. The maximum absolute atomic E-state index is 11.0. The first-order valence-electron chi connectivity index (χ1n) is 6.93. The van der Waals surface area contributed by atoms with Crippen LogP contribution in [0.25, 0.3) is 0 Å². The summed E-state index contributed by atoms with van der Waals surface area (Å²) in [6.07, 6.45) is 0. The van der Waals surface area contributed by atoms with Gasteiger partial charge < -0.3 is 18.8 Å². The van der Waals surface area contributed by atoms with Crippen LogP contribution in [0.15, 0.2) is 18.2 Å². The van der Waals surface area contributed by atoms with Crippen molar-refractivity contribution < 1.29 is 23.7 Å². The van der Waals surface area contributed by atoms with Gasteiger partial charge >= 0.3 is 12.8 Å². The third-order valence-corrected chi connectivity index (χ3v) is 4.04. The number of nitrogens with zero attached hydrogens (tertiary/aromatic N) is 1. The number of nitro benzene ring substituents is 1. The van der Waals surface area contributed by atoms with Crippen LogP contribution in [0.5, 0.6) is 5.75 Å². The van der Waals surface area contributed by atoms with Gasteiger partial charge in [-0.2, -0.15) is 0 Å². The summed E-state index contributed by atoms with van der Waals surface area (Å²) in [6.45, 7) is 7.70. The summed E-state index contributed by atoms with van der Waals surface area (Å²) < 4.78 is 21.9. The van der Waals surface area contributed by atoms with E-state index in [1.54, 1.807) is 12.1 Å². The van der Waals surface area contributed by atoms with Gasteiger partial charge in [-0.3, -0.25) is 10.1 Å². The molecule has 8 heteroatoms. The van der Waals surface area contributed by atoms with Gasteiger partial charge in [-0.05, 0) is 39.2 Å². The number of nitro groups is 1. The SMILES string of the molecule is COCOc1cc(B2OC(C)(C)C(C)(C)O2)ccc1[N+](=O)[O-]. The number of hydrogen-bond acceptors (Lipinski definition) is 6. The molecule has 1 aromatic carbocycles. The zero-order chi connectivity index (χ0) is 16.5. The minimum atomic E-state index is -0.601. The Bertz CT molecular complexity index is 558. The molecule has 0 saturated carbocycles. The number of ether oxygens (including phenoxy) is 2. The van der Waals surface area contributed by atoms with Crippen LogP contribution >= 0.6 is 0 Å². The molecule has 7 nitrogen and oxygen atoms in total. The topological polar surface area (TPSA) is 80.1 Å². The number of methoxy groups -OCH3 is 1. The van der Waals surface area contributed by atoms with Gasteiger partial charge in [-0.1, -0.05) is 6.07 Å². The van der Waals surface area contributed by atoms with Crippen molar-refractivity contribution in [2.24, 2.45) is 0 Å². The third kappa shape index (κ3) is 3.09. The molecule has 2 rings (SSSR count). The first-order chi connectivity index (χ1) is 10.2. The Morgan fingerprint density at radius 1 is 1.23 bits per heavy atom. The lowest BCUT2D eigenvalue weighted by Crippen LogP contribution is -2.41. The minimum absolute atomic E-state index is 0.0757. The van der Waals surface area contributed by atoms with Gasteiger partial charge in [0.2, 0.25) is 0 Å². The molecule has 1 aliphatic heterocycles. The number of benzene rings is 1. The van der Waals surface area contributed by atoms with Crippen LogP contribution in [0.3, 0.4) is 0 Å². The Labute approximate surface area is 129 Å². The van der Waals surface area contributed by atoms with E-state index in [1.807, 2.05) is 27.7 Å². The molecule has 0 spiro atoms. The van der Waals surface area contributed by atoms with Gasteiger partial charge in [-0.25, -0.2) is 0 Å². The summed E-state index contributed by atoms with van der Waals surface area (Å²) in [7, 11) is 0.847. The Hall–Kier alpha value is -1.64. The van der Waals surface area contributed by atoms with E-state index >= 15 is 0 Å². The van der Waals surface area contributed by atoms with E-state index in [1.165, 1.54) is 13.2 Å². The van der Waals surface area contributed by atoms with Gasteiger partial charge in [0.15, 0.2) is 12.5 Å². The van der Waals surface area contributed by atoms with Gasteiger partial charge in [0.25, 0.3) is 0 Å². The van der Waals surface area contributed by atoms with Crippen LogP contribution < -0.4 is 10.2 Å². The van der Waals surface area contributed by atoms with E-state index in [0.717, 1.165) is 0 Å². The molecule has 0 amide bonds. The van der Waals surface area contributed by atoms with Gasteiger partial charge in [-0.15, -0.1) is 0 Å². The molecule has 1 heterocycles. The predicted molar refractivity (Wildman–Crippen MR) is 81.3 cm³/mol. The third-order valence-electron chi connectivity index (χ3n) is 4.04. The van der Waals surface area contributed by atoms with E-state index in [9.17, 15) is 10.1 Å². The van der Waals surface area contributed by atoms with Crippen LogP contribution in [0, 0.1) is 10.1 Å². The van der Waals surface area contributed by atoms with Gasteiger partial charge in [0.05, 0.1) is 16.1 Å². The molecule has 1 saturated heterocycles. The smallest absolute Gasteiger partial charge is 0.460 e. The lowest BCUT2D eigenvalue weighted by atomic mass is 9.79. The van der Waals surface area contributed by atoms with Gasteiger partial charge in [0, 0.05) is 13.2 Å². The molecule has 0 aliphatic carbocycles. The van der Waals surface area contributed by atoms with Crippen LogP contribution in [0.4, 0.5) is 5.69 Å². The molecule has 0 unspecified atom stereocenters. The maximum Gasteiger partial charge on any atom is 0.494 e. The summed E-state index contributed by atoms with van der Waals surface area (Å²) in [5, 5.41) is 11.0. The molecule has 1 aromatic rings. The first-order valence-corrected chi connectivity index (χ1v) is 6.93. The average Bonchev–Trinajstić information content (AvgIpc) is 2.64.